The van der Waals surface area contributed by atoms with Gasteiger partial charge in [-0.05, 0) is 74.6 Å². The maximum atomic E-state index is 13.8. The number of anilines is 1. The molecule has 3 aromatic carbocycles. The molecule has 0 aliphatic carbocycles. The molecule has 0 N–H and O–H groups in total. The van der Waals surface area contributed by atoms with Crippen molar-refractivity contribution in [1.29, 1.82) is 0 Å². The largest absolute Gasteiger partial charge is 0.339 e. The molecule has 6 heteroatoms. The summed E-state index contributed by atoms with van der Waals surface area (Å²) in [7, 11) is -1.53. The Morgan fingerprint density at radius 2 is 1.68 bits per heavy atom. The lowest BCUT2D eigenvalue weighted by Gasteiger charge is -2.28. The van der Waals surface area contributed by atoms with E-state index in [2.05, 4.69) is 18.2 Å². The predicted molar refractivity (Wildman–Crippen MR) is 134 cm³/mol. The fourth-order valence-corrected chi connectivity index (χ4v) is 6.12. The number of hydrogen-bond acceptors (Lipinski definition) is 3. The number of carbonyl (C=O) groups excluding carboxylic acids is 2. The summed E-state index contributed by atoms with van der Waals surface area (Å²) in [5, 5.41) is 0. The summed E-state index contributed by atoms with van der Waals surface area (Å²) in [6.07, 6.45) is 3.16. The molecule has 0 bridgehead atoms. The summed E-state index contributed by atoms with van der Waals surface area (Å²) >= 11 is 0. The summed E-state index contributed by atoms with van der Waals surface area (Å²) in [6, 6.07) is 18.5. The summed E-state index contributed by atoms with van der Waals surface area (Å²) in [5.41, 5.74) is 4.73. The third-order valence-corrected chi connectivity index (χ3v) is 8.24. The van der Waals surface area contributed by atoms with E-state index in [9.17, 15) is 13.8 Å². The van der Waals surface area contributed by atoms with Gasteiger partial charge in [-0.2, -0.15) is 0 Å². The van der Waals surface area contributed by atoms with Crippen molar-refractivity contribution in [2.75, 3.05) is 18.0 Å². The minimum absolute atomic E-state index is 0.0332. The maximum Gasteiger partial charge on any atom is 0.259 e. The van der Waals surface area contributed by atoms with Crippen molar-refractivity contribution in [1.82, 2.24) is 4.90 Å². The van der Waals surface area contributed by atoms with E-state index in [0.29, 0.717) is 33.2 Å². The molecule has 5 nitrogen and oxygen atoms in total. The van der Waals surface area contributed by atoms with Crippen LogP contribution in [0.3, 0.4) is 0 Å². The van der Waals surface area contributed by atoms with Gasteiger partial charge in [-0.1, -0.05) is 35.9 Å². The number of likely N-dealkylation sites (tertiary alicyclic amines) is 1. The van der Waals surface area contributed by atoms with Gasteiger partial charge in [-0.25, -0.2) is 4.21 Å². The van der Waals surface area contributed by atoms with E-state index in [1.54, 1.807) is 47.4 Å². The first-order chi connectivity index (χ1) is 16.4. The number of amides is 2. The second-order valence-electron chi connectivity index (χ2n) is 9.12. The number of rotatable bonds is 3. The van der Waals surface area contributed by atoms with Gasteiger partial charge in [0.15, 0.2) is 0 Å². The van der Waals surface area contributed by atoms with Gasteiger partial charge in [0.1, 0.15) is 0 Å². The average molecular weight is 473 g/mol. The number of aryl methyl sites for hydroxylation is 2. The molecule has 3 aromatic rings. The summed E-state index contributed by atoms with van der Waals surface area (Å²) in [4.78, 5) is 31.7. The number of piperidine rings is 1. The SMILES string of the molecule is Cc1ccc(C)c(CN2C(=O)c3ccccc3[S@](=O)c3ccc(C(=O)N4CCCCC4)cc32)c1. The van der Waals surface area contributed by atoms with E-state index >= 15 is 0 Å². The Morgan fingerprint density at radius 3 is 2.47 bits per heavy atom. The zero-order chi connectivity index (χ0) is 23.8. The Balaban J connectivity index is 1.64. The molecule has 1 fully saturated rings. The third-order valence-electron chi connectivity index (χ3n) is 6.74. The van der Waals surface area contributed by atoms with Gasteiger partial charge in [0.2, 0.25) is 0 Å². The molecular formula is C28H28N2O3S. The highest BCUT2D eigenvalue weighted by Crippen LogP contribution is 2.36. The van der Waals surface area contributed by atoms with E-state index in [-0.39, 0.29) is 11.8 Å². The Labute approximate surface area is 202 Å². The zero-order valence-electron chi connectivity index (χ0n) is 19.5. The summed E-state index contributed by atoms with van der Waals surface area (Å²) < 4.78 is 13.6. The predicted octanol–water partition coefficient (Wildman–Crippen LogP) is 5.26. The van der Waals surface area contributed by atoms with Gasteiger partial charge in [0.05, 0.1) is 38.4 Å². The van der Waals surface area contributed by atoms with Crippen LogP contribution < -0.4 is 4.90 Å². The highest BCUT2D eigenvalue weighted by molar-refractivity contribution is 7.85. The van der Waals surface area contributed by atoms with Crippen LogP contribution in [-0.2, 0) is 17.3 Å². The van der Waals surface area contributed by atoms with Gasteiger partial charge in [0.25, 0.3) is 11.8 Å². The molecule has 5 rings (SSSR count). The van der Waals surface area contributed by atoms with Gasteiger partial charge in [-0.15, -0.1) is 0 Å². The van der Waals surface area contributed by atoms with Gasteiger partial charge in [-0.3, -0.25) is 9.59 Å². The van der Waals surface area contributed by atoms with E-state index in [0.717, 1.165) is 49.0 Å². The Kier molecular flexibility index (Phi) is 6.09. The Bertz CT molecular complexity index is 1310. The smallest absolute Gasteiger partial charge is 0.259 e. The van der Waals surface area contributed by atoms with Crippen LogP contribution in [-0.4, -0.2) is 34.0 Å². The quantitative estimate of drug-likeness (QED) is 0.523. The Morgan fingerprint density at radius 1 is 0.912 bits per heavy atom. The van der Waals surface area contributed by atoms with Crippen LogP contribution in [0.2, 0.25) is 0 Å². The van der Waals surface area contributed by atoms with Crippen LogP contribution >= 0.6 is 0 Å². The fourth-order valence-electron chi connectivity index (χ4n) is 4.77. The standard InChI is InChI=1S/C28H28N2O3S/c1-19-10-11-20(2)22(16-19)18-30-24-17-21(27(31)29-14-6-3-7-15-29)12-13-26(24)34(33)25-9-5-4-8-23(25)28(30)32/h4-5,8-13,16-17H,3,6-7,14-15,18H2,1-2H3/t34-/m0/s1. The van der Waals surface area contributed by atoms with Gasteiger partial charge in [0, 0.05) is 18.7 Å². The first kappa shape index (κ1) is 22.5. The number of fused-ring (bicyclic) bond motifs is 2. The highest BCUT2D eigenvalue weighted by atomic mass is 32.2. The molecule has 2 aliphatic rings. The molecule has 0 unspecified atom stereocenters. The Hall–Kier alpha value is -3.25. The van der Waals surface area contributed by atoms with Crippen molar-refractivity contribution in [3.8, 4) is 0 Å². The summed E-state index contributed by atoms with van der Waals surface area (Å²) in [6.45, 7) is 5.89. The topological polar surface area (TPSA) is 57.7 Å². The van der Waals surface area contributed by atoms with Crippen molar-refractivity contribution in [2.24, 2.45) is 0 Å². The van der Waals surface area contributed by atoms with E-state index in [4.69, 9.17) is 0 Å². The van der Waals surface area contributed by atoms with E-state index in [1.807, 2.05) is 18.7 Å². The highest BCUT2D eigenvalue weighted by Gasteiger charge is 2.32. The average Bonchev–Trinajstić information content (AvgIpc) is 2.95. The minimum Gasteiger partial charge on any atom is -0.339 e. The van der Waals surface area contributed by atoms with E-state index < -0.39 is 10.8 Å². The van der Waals surface area contributed by atoms with Crippen molar-refractivity contribution >= 4 is 28.3 Å². The van der Waals surface area contributed by atoms with Crippen LogP contribution in [0.5, 0.6) is 0 Å². The van der Waals surface area contributed by atoms with E-state index in [1.165, 1.54) is 0 Å². The zero-order valence-corrected chi connectivity index (χ0v) is 20.4. The fraction of sp³-hybridized carbons (Fsp3) is 0.286. The van der Waals surface area contributed by atoms with Gasteiger partial charge >= 0.3 is 0 Å². The van der Waals surface area contributed by atoms with Crippen LogP contribution in [0.1, 0.15) is 56.7 Å². The number of nitrogens with zero attached hydrogens (tertiary/aromatic N) is 2. The van der Waals surface area contributed by atoms with Crippen molar-refractivity contribution in [3.05, 3.63) is 88.5 Å². The van der Waals surface area contributed by atoms with Crippen molar-refractivity contribution < 1.29 is 13.8 Å². The van der Waals surface area contributed by atoms with Crippen LogP contribution in [0.15, 0.2) is 70.5 Å². The maximum absolute atomic E-state index is 13.8. The molecule has 0 aromatic heterocycles. The van der Waals surface area contributed by atoms with Gasteiger partial charge < -0.3 is 9.80 Å². The van der Waals surface area contributed by atoms with Crippen molar-refractivity contribution in [3.63, 3.8) is 0 Å². The monoisotopic (exact) mass is 472 g/mol. The minimum atomic E-state index is -1.53. The first-order valence-electron chi connectivity index (χ1n) is 11.8. The molecule has 174 valence electrons. The second-order valence-corrected chi connectivity index (χ2v) is 10.5. The molecule has 2 aliphatic heterocycles. The molecule has 0 saturated carbocycles. The van der Waals surface area contributed by atoms with Crippen molar-refractivity contribution in [2.45, 2.75) is 49.4 Å². The lowest BCUT2D eigenvalue weighted by molar-refractivity contribution is 0.0724. The molecule has 1 saturated heterocycles. The number of carbonyl (C=O) groups is 2. The molecule has 1 atom stereocenters. The molecule has 2 heterocycles. The second kappa shape index (κ2) is 9.18. The number of hydrogen-bond donors (Lipinski definition) is 0. The molecule has 2 amide bonds. The van der Waals surface area contributed by atoms with Crippen LogP contribution in [0, 0.1) is 13.8 Å². The molecule has 0 radical (unpaired) electrons. The summed E-state index contributed by atoms with van der Waals surface area (Å²) in [5.74, 6) is -0.236. The molecular weight excluding hydrogens is 444 g/mol. The molecule has 0 spiro atoms. The lowest BCUT2D eigenvalue weighted by Crippen LogP contribution is -2.36. The lowest BCUT2D eigenvalue weighted by atomic mass is 10.0. The normalized spacial score (nSPS) is 17.7. The third kappa shape index (κ3) is 4.07. The first-order valence-corrected chi connectivity index (χ1v) is 12.9. The van der Waals surface area contributed by atoms with Crippen LogP contribution in [0.4, 0.5) is 5.69 Å². The molecule has 34 heavy (non-hydrogen) atoms. The number of benzene rings is 3. The van der Waals surface area contributed by atoms with Crippen LogP contribution in [0.25, 0.3) is 0 Å².